The number of nitrogens with one attached hydrogen (secondary N) is 2. The zero-order valence-corrected chi connectivity index (χ0v) is 20.3. The third-order valence-electron chi connectivity index (χ3n) is 7.29. The highest BCUT2D eigenvalue weighted by Crippen LogP contribution is 2.80. The van der Waals surface area contributed by atoms with Crippen LogP contribution in [0.3, 0.4) is 0 Å². The Kier molecular flexibility index (Phi) is 6.04. The number of alkyl halides is 3. The molecule has 1 aromatic rings. The molecule has 1 atom stereocenters. The van der Waals surface area contributed by atoms with Gasteiger partial charge in [-0.2, -0.15) is 13.2 Å². The highest BCUT2D eigenvalue weighted by atomic mass is 19.4. The average Bonchev–Trinajstić information content (AvgIpc) is 2.65. The SMILES string of the molecule is Cc1cc(NC(=O)C(=O)N2CCCCC2C23CC(C(F)(F)F)(C2)C3)cnc1NC(=O)OC(C)(C)C. The van der Waals surface area contributed by atoms with Crippen LogP contribution in [0.25, 0.3) is 0 Å². The van der Waals surface area contributed by atoms with E-state index >= 15 is 0 Å². The minimum atomic E-state index is -4.22. The lowest BCUT2D eigenvalue weighted by Gasteiger charge is -2.74. The second kappa shape index (κ2) is 8.37. The first-order chi connectivity index (χ1) is 16.1. The Morgan fingerprint density at radius 2 is 1.77 bits per heavy atom. The summed E-state index contributed by atoms with van der Waals surface area (Å²) >= 11 is 0. The first-order valence-corrected chi connectivity index (χ1v) is 11.8. The Balaban J connectivity index is 1.38. The van der Waals surface area contributed by atoms with Gasteiger partial charge in [-0.1, -0.05) is 0 Å². The van der Waals surface area contributed by atoms with Crippen LogP contribution >= 0.6 is 0 Å². The van der Waals surface area contributed by atoms with Crippen LogP contribution in [0.4, 0.5) is 29.5 Å². The molecule has 1 aromatic heterocycles. The quantitative estimate of drug-likeness (QED) is 0.586. The first kappa shape index (κ1) is 25.2. The maximum absolute atomic E-state index is 13.3. The summed E-state index contributed by atoms with van der Waals surface area (Å²) in [6.45, 7) is 7.23. The maximum atomic E-state index is 13.3. The van der Waals surface area contributed by atoms with E-state index in [4.69, 9.17) is 4.74 Å². The molecule has 11 heteroatoms. The minimum Gasteiger partial charge on any atom is -0.444 e. The van der Waals surface area contributed by atoms with Crippen molar-refractivity contribution >= 4 is 29.4 Å². The van der Waals surface area contributed by atoms with Crippen LogP contribution in [0.2, 0.25) is 0 Å². The van der Waals surface area contributed by atoms with E-state index in [0.29, 0.717) is 24.9 Å². The van der Waals surface area contributed by atoms with Crippen molar-refractivity contribution in [3.63, 3.8) is 0 Å². The highest BCUT2D eigenvalue weighted by molar-refractivity contribution is 6.39. The molecular formula is C24H31F3N4O4. The van der Waals surface area contributed by atoms with Crippen molar-refractivity contribution in [2.75, 3.05) is 17.2 Å². The smallest absolute Gasteiger partial charge is 0.413 e. The zero-order chi connectivity index (χ0) is 25.8. The molecule has 0 radical (unpaired) electrons. The summed E-state index contributed by atoms with van der Waals surface area (Å²) < 4.78 is 45.1. The summed E-state index contributed by atoms with van der Waals surface area (Å²) in [5.41, 5.74) is -1.99. The second-order valence-corrected chi connectivity index (χ2v) is 11.2. The molecule has 1 unspecified atom stereocenters. The number of halogens is 3. The van der Waals surface area contributed by atoms with Gasteiger partial charge in [-0.05, 0) is 83.3 Å². The monoisotopic (exact) mass is 496 g/mol. The molecule has 8 nitrogen and oxygen atoms in total. The van der Waals surface area contributed by atoms with E-state index in [1.807, 2.05) is 0 Å². The number of amides is 3. The van der Waals surface area contributed by atoms with E-state index in [1.165, 1.54) is 11.1 Å². The molecule has 3 saturated carbocycles. The van der Waals surface area contributed by atoms with Crippen LogP contribution < -0.4 is 10.6 Å². The average molecular weight is 497 g/mol. The number of pyridine rings is 1. The molecule has 0 spiro atoms. The van der Waals surface area contributed by atoms with E-state index in [1.54, 1.807) is 33.8 Å². The normalized spacial score (nSPS) is 27.9. The second-order valence-electron chi connectivity index (χ2n) is 11.2. The highest BCUT2D eigenvalue weighted by Gasteiger charge is 2.80. The molecule has 2 heterocycles. The van der Waals surface area contributed by atoms with Gasteiger partial charge in [-0.3, -0.25) is 14.9 Å². The van der Waals surface area contributed by atoms with E-state index < -0.39 is 40.5 Å². The molecule has 4 fully saturated rings. The maximum Gasteiger partial charge on any atom is 0.413 e. The molecule has 3 aliphatic carbocycles. The topological polar surface area (TPSA) is 101 Å². The predicted molar refractivity (Wildman–Crippen MR) is 122 cm³/mol. The minimum absolute atomic E-state index is 0.0365. The van der Waals surface area contributed by atoms with Crippen molar-refractivity contribution in [1.29, 1.82) is 0 Å². The van der Waals surface area contributed by atoms with Gasteiger partial charge in [0.05, 0.1) is 17.3 Å². The summed E-state index contributed by atoms with van der Waals surface area (Å²) in [5.74, 6) is -1.35. The Morgan fingerprint density at radius 3 is 2.34 bits per heavy atom. The standard InChI is InChI=1S/C24H31F3N4O4/c1-14-9-15(10-28-17(14)30-20(34)35-21(2,3)4)29-18(32)19(33)31-8-6-5-7-16(31)22-11-23(12-22,13-22)24(25,26)27/h9-10,16H,5-8,11-13H2,1-4H3,(H,29,32)(H,28,30,34). The third kappa shape index (κ3) is 4.69. The van der Waals surface area contributed by atoms with Crippen molar-refractivity contribution in [3.8, 4) is 0 Å². The summed E-state index contributed by atoms with van der Waals surface area (Å²) in [6, 6.07) is 1.21. The number of aryl methyl sites for hydroxylation is 1. The number of hydrogen-bond acceptors (Lipinski definition) is 5. The lowest BCUT2D eigenvalue weighted by molar-refractivity contribution is -0.375. The summed E-state index contributed by atoms with van der Waals surface area (Å²) in [5, 5.41) is 5.07. The van der Waals surface area contributed by atoms with Gasteiger partial charge in [-0.25, -0.2) is 9.78 Å². The summed E-state index contributed by atoms with van der Waals surface area (Å²) in [7, 11) is 0. The number of piperidine rings is 1. The van der Waals surface area contributed by atoms with Gasteiger partial charge < -0.3 is 15.0 Å². The molecule has 3 amide bonds. The van der Waals surface area contributed by atoms with Gasteiger partial charge >= 0.3 is 24.1 Å². The molecule has 2 bridgehead atoms. The van der Waals surface area contributed by atoms with E-state index in [9.17, 15) is 27.6 Å². The van der Waals surface area contributed by atoms with Gasteiger partial charge in [-0.15, -0.1) is 0 Å². The number of rotatable bonds is 3. The molecule has 192 valence electrons. The fourth-order valence-electron chi connectivity index (χ4n) is 5.82. The molecule has 2 N–H and O–H groups in total. The van der Waals surface area contributed by atoms with E-state index in [2.05, 4.69) is 15.6 Å². The molecule has 1 saturated heterocycles. The summed E-state index contributed by atoms with van der Waals surface area (Å²) in [4.78, 5) is 43.3. The zero-order valence-electron chi connectivity index (χ0n) is 20.3. The number of aromatic nitrogens is 1. The van der Waals surface area contributed by atoms with Gasteiger partial charge in [0.1, 0.15) is 11.4 Å². The van der Waals surface area contributed by atoms with Crippen LogP contribution in [-0.2, 0) is 14.3 Å². The van der Waals surface area contributed by atoms with E-state index in [0.717, 1.165) is 6.42 Å². The number of carbonyl (C=O) groups excluding carboxylic acids is 3. The van der Waals surface area contributed by atoms with Crippen LogP contribution in [0, 0.1) is 17.8 Å². The van der Waals surface area contributed by atoms with Gasteiger partial charge in [0.25, 0.3) is 0 Å². The van der Waals surface area contributed by atoms with Crippen LogP contribution in [-0.4, -0.2) is 52.2 Å². The molecule has 4 aliphatic rings. The predicted octanol–water partition coefficient (Wildman–Crippen LogP) is 4.79. The molecule has 35 heavy (non-hydrogen) atoms. The Bertz CT molecular complexity index is 1030. The lowest BCUT2D eigenvalue weighted by atomic mass is 9.32. The van der Waals surface area contributed by atoms with Gasteiger partial charge in [0.2, 0.25) is 0 Å². The van der Waals surface area contributed by atoms with Gasteiger partial charge in [0, 0.05) is 12.6 Å². The molecule has 5 rings (SSSR count). The number of nitrogens with zero attached hydrogens (tertiary/aromatic N) is 2. The Hall–Kier alpha value is -2.85. The first-order valence-electron chi connectivity index (χ1n) is 11.8. The van der Waals surface area contributed by atoms with Crippen LogP contribution in [0.5, 0.6) is 0 Å². The third-order valence-corrected chi connectivity index (χ3v) is 7.29. The molecule has 0 aromatic carbocycles. The van der Waals surface area contributed by atoms with Crippen molar-refractivity contribution in [2.24, 2.45) is 10.8 Å². The molecular weight excluding hydrogens is 465 g/mol. The number of anilines is 2. The largest absolute Gasteiger partial charge is 0.444 e. The lowest BCUT2D eigenvalue weighted by Crippen LogP contribution is -2.75. The fraction of sp³-hybridized carbons (Fsp3) is 0.667. The summed E-state index contributed by atoms with van der Waals surface area (Å²) in [6.07, 6.45) is -1.32. The molecule has 1 aliphatic heterocycles. The van der Waals surface area contributed by atoms with Crippen LogP contribution in [0.1, 0.15) is 64.9 Å². The van der Waals surface area contributed by atoms with E-state index in [-0.39, 0.29) is 36.8 Å². The number of ether oxygens (including phenoxy) is 1. The van der Waals surface area contributed by atoms with Crippen molar-refractivity contribution in [2.45, 2.75) is 84.0 Å². The van der Waals surface area contributed by atoms with Crippen molar-refractivity contribution in [3.05, 3.63) is 17.8 Å². The van der Waals surface area contributed by atoms with Crippen molar-refractivity contribution < 1.29 is 32.3 Å². The Morgan fingerprint density at radius 1 is 1.11 bits per heavy atom. The Labute approximate surface area is 202 Å². The number of hydrogen-bond donors (Lipinski definition) is 2. The van der Waals surface area contributed by atoms with Crippen LogP contribution in [0.15, 0.2) is 12.3 Å². The number of carbonyl (C=O) groups is 3. The van der Waals surface area contributed by atoms with Crippen molar-refractivity contribution in [1.82, 2.24) is 9.88 Å². The fourth-order valence-corrected chi connectivity index (χ4v) is 5.82. The number of likely N-dealkylation sites (tertiary alicyclic amines) is 1. The van der Waals surface area contributed by atoms with Gasteiger partial charge in [0.15, 0.2) is 0 Å².